The van der Waals surface area contributed by atoms with Gasteiger partial charge in [-0.1, -0.05) is 37.8 Å². The van der Waals surface area contributed by atoms with Gasteiger partial charge in [-0.2, -0.15) is 5.10 Å². The Kier molecular flexibility index (Phi) is 6.91. The Labute approximate surface area is 170 Å². The number of hydrogen-bond acceptors (Lipinski definition) is 4. The fourth-order valence-electron chi connectivity index (χ4n) is 4.63. The lowest BCUT2D eigenvalue weighted by atomic mass is 9.88. The summed E-state index contributed by atoms with van der Waals surface area (Å²) in [4.78, 5) is 5.14. The molecule has 1 atom stereocenters. The van der Waals surface area contributed by atoms with Crippen molar-refractivity contribution < 1.29 is 4.74 Å². The van der Waals surface area contributed by atoms with Gasteiger partial charge in [0.2, 0.25) is 0 Å². The molecule has 0 saturated carbocycles. The minimum Gasteiger partial charge on any atom is -0.369 e. The van der Waals surface area contributed by atoms with E-state index in [1.165, 1.54) is 5.56 Å². The number of piperidine rings is 1. The van der Waals surface area contributed by atoms with Gasteiger partial charge in [-0.3, -0.25) is 9.58 Å². The molecular weight excluding hydrogens is 348 g/mol. The Morgan fingerprint density at radius 1 is 1.11 bits per heavy atom. The monoisotopic (exact) mass is 384 g/mol. The molecule has 2 aliphatic heterocycles. The molecule has 1 spiro atoms. The van der Waals surface area contributed by atoms with Crippen LogP contribution in [0.1, 0.15) is 38.4 Å². The number of morpholine rings is 1. The summed E-state index contributed by atoms with van der Waals surface area (Å²) in [6, 6.07) is 12.9. The van der Waals surface area contributed by atoms with E-state index in [2.05, 4.69) is 58.2 Å². The zero-order chi connectivity index (χ0) is 18.7. The van der Waals surface area contributed by atoms with E-state index in [0.29, 0.717) is 6.10 Å². The maximum absolute atomic E-state index is 6.51. The normalized spacial score (nSPS) is 22.9. The van der Waals surface area contributed by atoms with Gasteiger partial charge in [0, 0.05) is 52.5 Å². The standard InChI is InChI=1S/C22H32N4O.CH4/c1-19-16-26(17-21-9-12-24(2)23-21)18-22(27-19)10-14-25(15-11-22)13-8-20-6-4-3-5-7-20;/h3-7,9,12,19H,8,10-11,13-18H2,1-2H3;1H4. The molecule has 2 aromatic rings. The number of ether oxygens (including phenoxy) is 1. The third-order valence-corrected chi connectivity index (χ3v) is 5.96. The summed E-state index contributed by atoms with van der Waals surface area (Å²) in [7, 11) is 1.98. The van der Waals surface area contributed by atoms with Crippen LogP contribution in [-0.4, -0.2) is 64.0 Å². The van der Waals surface area contributed by atoms with Crippen LogP contribution in [0.2, 0.25) is 0 Å². The molecule has 5 heteroatoms. The summed E-state index contributed by atoms with van der Waals surface area (Å²) < 4.78 is 8.39. The molecule has 1 unspecified atom stereocenters. The molecule has 4 rings (SSSR count). The maximum Gasteiger partial charge on any atom is 0.0837 e. The van der Waals surface area contributed by atoms with E-state index in [1.807, 2.05) is 17.9 Å². The molecule has 2 aliphatic rings. The molecule has 1 aromatic heterocycles. The van der Waals surface area contributed by atoms with Crippen LogP contribution in [0.25, 0.3) is 0 Å². The van der Waals surface area contributed by atoms with Crippen molar-refractivity contribution in [2.75, 3.05) is 32.7 Å². The fraction of sp³-hybridized carbons (Fsp3) is 0.609. The molecule has 0 N–H and O–H groups in total. The lowest BCUT2D eigenvalue weighted by Crippen LogP contribution is -2.58. The SMILES string of the molecule is C.CC1CN(Cc2ccn(C)n2)CC2(CCN(CCc3ccccc3)CC2)O1. The first-order valence-electron chi connectivity index (χ1n) is 10.3. The Morgan fingerprint density at radius 3 is 2.54 bits per heavy atom. The summed E-state index contributed by atoms with van der Waals surface area (Å²) in [5, 5.41) is 4.55. The average Bonchev–Trinajstić information content (AvgIpc) is 3.06. The number of likely N-dealkylation sites (tertiary alicyclic amines) is 1. The largest absolute Gasteiger partial charge is 0.369 e. The third kappa shape index (κ3) is 5.22. The van der Waals surface area contributed by atoms with Gasteiger partial charge in [0.05, 0.1) is 17.4 Å². The summed E-state index contributed by atoms with van der Waals surface area (Å²) in [6.45, 7) is 8.58. The summed E-state index contributed by atoms with van der Waals surface area (Å²) in [5.41, 5.74) is 2.61. The first kappa shape index (κ1) is 21.0. The highest BCUT2D eigenvalue weighted by molar-refractivity contribution is 5.15. The van der Waals surface area contributed by atoms with E-state index in [9.17, 15) is 0 Å². The number of nitrogens with zero attached hydrogens (tertiary/aromatic N) is 4. The van der Waals surface area contributed by atoms with Crippen LogP contribution in [0.5, 0.6) is 0 Å². The van der Waals surface area contributed by atoms with Crippen LogP contribution in [0.4, 0.5) is 0 Å². The molecule has 3 heterocycles. The van der Waals surface area contributed by atoms with E-state index < -0.39 is 0 Å². The molecule has 1 aromatic carbocycles. The fourth-order valence-corrected chi connectivity index (χ4v) is 4.63. The number of aromatic nitrogens is 2. The lowest BCUT2D eigenvalue weighted by Gasteiger charge is -2.49. The van der Waals surface area contributed by atoms with Gasteiger partial charge < -0.3 is 9.64 Å². The van der Waals surface area contributed by atoms with Gasteiger partial charge >= 0.3 is 0 Å². The van der Waals surface area contributed by atoms with Gasteiger partial charge in [0.25, 0.3) is 0 Å². The molecule has 154 valence electrons. The highest BCUT2D eigenvalue weighted by Crippen LogP contribution is 2.33. The first-order chi connectivity index (χ1) is 13.1. The smallest absolute Gasteiger partial charge is 0.0837 e. The number of hydrogen-bond donors (Lipinski definition) is 0. The van der Waals surface area contributed by atoms with Crippen molar-refractivity contribution in [3.05, 3.63) is 53.9 Å². The number of rotatable bonds is 5. The average molecular weight is 385 g/mol. The van der Waals surface area contributed by atoms with Crippen molar-refractivity contribution in [2.24, 2.45) is 7.05 Å². The molecule has 2 saturated heterocycles. The zero-order valence-electron chi connectivity index (χ0n) is 16.7. The van der Waals surface area contributed by atoms with Gasteiger partial charge in [-0.15, -0.1) is 0 Å². The van der Waals surface area contributed by atoms with E-state index >= 15 is 0 Å². The Bertz CT molecular complexity index is 721. The molecule has 0 aliphatic carbocycles. The van der Waals surface area contributed by atoms with Crippen molar-refractivity contribution in [1.82, 2.24) is 19.6 Å². The Balaban J connectivity index is 0.00000225. The first-order valence-corrected chi connectivity index (χ1v) is 10.3. The molecule has 5 nitrogen and oxygen atoms in total. The van der Waals surface area contributed by atoms with Crippen LogP contribution in [-0.2, 0) is 24.8 Å². The van der Waals surface area contributed by atoms with E-state index in [4.69, 9.17) is 4.74 Å². The van der Waals surface area contributed by atoms with E-state index in [1.54, 1.807) is 0 Å². The predicted molar refractivity (Wildman–Crippen MR) is 114 cm³/mol. The molecule has 0 amide bonds. The summed E-state index contributed by atoms with van der Waals surface area (Å²) >= 11 is 0. The summed E-state index contributed by atoms with van der Waals surface area (Å²) in [6.07, 6.45) is 5.71. The molecule has 2 fully saturated rings. The van der Waals surface area contributed by atoms with Gasteiger partial charge in [0.1, 0.15) is 0 Å². The lowest BCUT2D eigenvalue weighted by molar-refractivity contribution is -0.171. The highest BCUT2D eigenvalue weighted by Gasteiger charge is 2.41. The minimum absolute atomic E-state index is 0. The number of aryl methyl sites for hydroxylation is 1. The quantitative estimate of drug-likeness (QED) is 0.792. The second kappa shape index (κ2) is 9.21. The van der Waals surface area contributed by atoms with Gasteiger partial charge in [-0.05, 0) is 37.8 Å². The molecule has 0 radical (unpaired) electrons. The summed E-state index contributed by atoms with van der Waals surface area (Å²) in [5.74, 6) is 0. The Hall–Kier alpha value is -1.69. The number of benzene rings is 1. The zero-order valence-corrected chi connectivity index (χ0v) is 16.7. The van der Waals surface area contributed by atoms with Crippen LogP contribution >= 0.6 is 0 Å². The maximum atomic E-state index is 6.51. The van der Waals surface area contributed by atoms with E-state index in [-0.39, 0.29) is 13.0 Å². The molecule has 28 heavy (non-hydrogen) atoms. The minimum atomic E-state index is 0. The molecular formula is C23H36N4O. The van der Waals surface area contributed by atoms with Crippen LogP contribution < -0.4 is 0 Å². The predicted octanol–water partition coefficient (Wildman–Crippen LogP) is 3.35. The van der Waals surface area contributed by atoms with E-state index in [0.717, 1.165) is 64.2 Å². The van der Waals surface area contributed by atoms with Crippen LogP contribution in [0.15, 0.2) is 42.6 Å². The van der Waals surface area contributed by atoms with Crippen molar-refractivity contribution in [2.45, 2.75) is 51.9 Å². The van der Waals surface area contributed by atoms with Crippen LogP contribution in [0, 0.1) is 0 Å². The van der Waals surface area contributed by atoms with Crippen molar-refractivity contribution in [1.29, 1.82) is 0 Å². The highest BCUT2D eigenvalue weighted by atomic mass is 16.5. The Morgan fingerprint density at radius 2 is 1.86 bits per heavy atom. The third-order valence-electron chi connectivity index (χ3n) is 5.96. The molecule has 0 bridgehead atoms. The van der Waals surface area contributed by atoms with Crippen LogP contribution in [0.3, 0.4) is 0 Å². The van der Waals surface area contributed by atoms with Gasteiger partial charge in [-0.25, -0.2) is 0 Å². The second-order valence-electron chi connectivity index (χ2n) is 8.34. The second-order valence-corrected chi connectivity index (χ2v) is 8.34. The van der Waals surface area contributed by atoms with Crippen molar-refractivity contribution in [3.8, 4) is 0 Å². The van der Waals surface area contributed by atoms with Crippen molar-refractivity contribution >= 4 is 0 Å². The topological polar surface area (TPSA) is 33.5 Å². The van der Waals surface area contributed by atoms with Gasteiger partial charge in [0.15, 0.2) is 0 Å². The van der Waals surface area contributed by atoms with Crippen molar-refractivity contribution in [3.63, 3.8) is 0 Å².